The SMILES string of the molecule is CC(CO)c1coc(C2CCCN2C)n1. The molecule has 1 aromatic heterocycles. The van der Waals surface area contributed by atoms with Crippen LogP contribution >= 0.6 is 0 Å². The summed E-state index contributed by atoms with van der Waals surface area (Å²) in [5.41, 5.74) is 0.854. The Labute approximate surface area is 89.9 Å². The molecule has 1 aromatic rings. The average molecular weight is 210 g/mol. The van der Waals surface area contributed by atoms with Gasteiger partial charge in [0.15, 0.2) is 0 Å². The number of nitrogens with zero attached hydrogens (tertiary/aromatic N) is 2. The third kappa shape index (κ3) is 2.06. The maximum Gasteiger partial charge on any atom is 0.211 e. The summed E-state index contributed by atoms with van der Waals surface area (Å²) in [4.78, 5) is 6.71. The molecule has 2 atom stereocenters. The minimum atomic E-state index is 0.0641. The van der Waals surface area contributed by atoms with Crippen molar-refractivity contribution in [3.8, 4) is 0 Å². The second kappa shape index (κ2) is 4.33. The zero-order valence-electron chi connectivity index (χ0n) is 9.31. The van der Waals surface area contributed by atoms with Gasteiger partial charge in [-0.1, -0.05) is 6.92 Å². The Bertz CT molecular complexity index is 324. The molecule has 0 radical (unpaired) electrons. The molecule has 1 N–H and O–H groups in total. The normalized spacial score (nSPS) is 24.6. The van der Waals surface area contributed by atoms with Crippen molar-refractivity contribution in [2.24, 2.45) is 0 Å². The standard InChI is InChI=1S/C11H18N2O2/c1-8(6-14)9-7-15-11(12-9)10-4-3-5-13(10)2/h7-8,10,14H,3-6H2,1-2H3. The molecule has 0 aliphatic carbocycles. The van der Waals surface area contributed by atoms with Crippen LogP contribution in [-0.4, -0.2) is 35.2 Å². The lowest BCUT2D eigenvalue weighted by atomic mass is 10.1. The van der Waals surface area contributed by atoms with Crippen LogP contribution in [0.1, 0.15) is 43.3 Å². The first-order chi connectivity index (χ1) is 7.22. The third-order valence-corrected chi connectivity index (χ3v) is 3.12. The van der Waals surface area contributed by atoms with E-state index < -0.39 is 0 Å². The Morgan fingerprint density at radius 2 is 2.53 bits per heavy atom. The topological polar surface area (TPSA) is 49.5 Å². The van der Waals surface area contributed by atoms with Crippen molar-refractivity contribution < 1.29 is 9.52 Å². The first-order valence-electron chi connectivity index (χ1n) is 5.48. The van der Waals surface area contributed by atoms with Crippen molar-refractivity contribution in [2.75, 3.05) is 20.2 Å². The van der Waals surface area contributed by atoms with E-state index in [0.29, 0.717) is 6.04 Å². The number of hydrogen-bond acceptors (Lipinski definition) is 4. The molecule has 2 unspecified atom stereocenters. The van der Waals surface area contributed by atoms with E-state index in [-0.39, 0.29) is 12.5 Å². The predicted molar refractivity (Wildman–Crippen MR) is 56.6 cm³/mol. The van der Waals surface area contributed by atoms with Gasteiger partial charge in [0.1, 0.15) is 6.26 Å². The van der Waals surface area contributed by atoms with Crippen molar-refractivity contribution in [3.05, 3.63) is 17.8 Å². The number of likely N-dealkylation sites (tertiary alicyclic amines) is 1. The average Bonchev–Trinajstić information content (AvgIpc) is 2.84. The van der Waals surface area contributed by atoms with Gasteiger partial charge >= 0.3 is 0 Å². The van der Waals surface area contributed by atoms with Gasteiger partial charge in [-0.2, -0.15) is 0 Å². The largest absolute Gasteiger partial charge is 0.447 e. The zero-order valence-corrected chi connectivity index (χ0v) is 9.31. The minimum Gasteiger partial charge on any atom is -0.447 e. The highest BCUT2D eigenvalue weighted by atomic mass is 16.3. The van der Waals surface area contributed by atoms with Gasteiger partial charge in [-0.05, 0) is 26.4 Å². The Hall–Kier alpha value is -0.870. The summed E-state index contributed by atoms with van der Waals surface area (Å²) in [7, 11) is 2.09. The monoisotopic (exact) mass is 210 g/mol. The fourth-order valence-electron chi connectivity index (χ4n) is 2.00. The van der Waals surface area contributed by atoms with Gasteiger partial charge in [-0.3, -0.25) is 4.90 Å². The number of aromatic nitrogens is 1. The van der Waals surface area contributed by atoms with Gasteiger partial charge in [0.05, 0.1) is 18.3 Å². The van der Waals surface area contributed by atoms with E-state index in [1.54, 1.807) is 6.26 Å². The summed E-state index contributed by atoms with van der Waals surface area (Å²) in [6.07, 6.45) is 3.99. The first-order valence-corrected chi connectivity index (χ1v) is 5.48. The number of oxazole rings is 1. The summed E-state index contributed by atoms with van der Waals surface area (Å²) < 4.78 is 5.48. The van der Waals surface area contributed by atoms with Gasteiger partial charge in [-0.25, -0.2) is 4.98 Å². The fourth-order valence-corrected chi connectivity index (χ4v) is 2.00. The number of aliphatic hydroxyl groups excluding tert-OH is 1. The highest BCUT2D eigenvalue weighted by Gasteiger charge is 2.27. The molecular formula is C11H18N2O2. The summed E-state index contributed by atoms with van der Waals surface area (Å²) >= 11 is 0. The van der Waals surface area contributed by atoms with E-state index in [1.807, 2.05) is 6.92 Å². The van der Waals surface area contributed by atoms with Crippen molar-refractivity contribution in [1.29, 1.82) is 0 Å². The summed E-state index contributed by atoms with van der Waals surface area (Å²) in [6, 6.07) is 0.324. The zero-order chi connectivity index (χ0) is 10.8. The molecule has 84 valence electrons. The first kappa shape index (κ1) is 10.6. The third-order valence-electron chi connectivity index (χ3n) is 3.12. The number of aliphatic hydroxyl groups is 1. The molecule has 4 heteroatoms. The molecule has 1 aliphatic heterocycles. The number of rotatable bonds is 3. The molecule has 15 heavy (non-hydrogen) atoms. The molecule has 4 nitrogen and oxygen atoms in total. The second-order valence-electron chi connectivity index (χ2n) is 4.33. The highest BCUT2D eigenvalue weighted by Crippen LogP contribution is 2.30. The quantitative estimate of drug-likeness (QED) is 0.822. The van der Waals surface area contributed by atoms with Gasteiger partial charge in [0.2, 0.25) is 5.89 Å². The van der Waals surface area contributed by atoms with E-state index in [0.717, 1.165) is 24.6 Å². The lowest BCUT2D eigenvalue weighted by Gasteiger charge is -2.15. The Kier molecular flexibility index (Phi) is 3.07. The lowest BCUT2D eigenvalue weighted by molar-refractivity contribution is 0.267. The molecule has 0 amide bonds. The molecule has 0 bridgehead atoms. The molecule has 1 aliphatic rings. The fraction of sp³-hybridized carbons (Fsp3) is 0.727. The molecular weight excluding hydrogens is 192 g/mol. The lowest BCUT2D eigenvalue weighted by Crippen LogP contribution is -2.17. The predicted octanol–water partition coefficient (Wildman–Crippen LogP) is 1.54. The van der Waals surface area contributed by atoms with E-state index in [2.05, 4.69) is 16.9 Å². The molecule has 2 heterocycles. The van der Waals surface area contributed by atoms with Crippen LogP contribution in [0.15, 0.2) is 10.7 Å². The minimum absolute atomic E-state index is 0.0641. The molecule has 0 aromatic carbocycles. The Morgan fingerprint density at radius 3 is 3.13 bits per heavy atom. The van der Waals surface area contributed by atoms with Crippen molar-refractivity contribution in [2.45, 2.75) is 31.7 Å². The van der Waals surface area contributed by atoms with E-state index in [4.69, 9.17) is 9.52 Å². The van der Waals surface area contributed by atoms with Gasteiger partial charge in [0, 0.05) is 5.92 Å². The van der Waals surface area contributed by atoms with Gasteiger partial charge < -0.3 is 9.52 Å². The summed E-state index contributed by atoms with van der Waals surface area (Å²) in [5, 5.41) is 9.02. The molecule has 0 spiro atoms. The maximum atomic E-state index is 9.02. The molecule has 1 fully saturated rings. The van der Waals surface area contributed by atoms with Crippen LogP contribution in [0.25, 0.3) is 0 Å². The van der Waals surface area contributed by atoms with Crippen molar-refractivity contribution in [3.63, 3.8) is 0 Å². The van der Waals surface area contributed by atoms with Crippen LogP contribution in [0, 0.1) is 0 Å². The van der Waals surface area contributed by atoms with Crippen LogP contribution < -0.4 is 0 Å². The number of hydrogen-bond donors (Lipinski definition) is 1. The van der Waals surface area contributed by atoms with Crippen molar-refractivity contribution in [1.82, 2.24) is 9.88 Å². The van der Waals surface area contributed by atoms with Crippen LogP contribution in [0.3, 0.4) is 0 Å². The van der Waals surface area contributed by atoms with E-state index >= 15 is 0 Å². The van der Waals surface area contributed by atoms with Crippen LogP contribution in [0.5, 0.6) is 0 Å². The maximum absolute atomic E-state index is 9.02. The Balaban J connectivity index is 2.12. The highest BCUT2D eigenvalue weighted by molar-refractivity contribution is 5.06. The van der Waals surface area contributed by atoms with Gasteiger partial charge in [-0.15, -0.1) is 0 Å². The second-order valence-corrected chi connectivity index (χ2v) is 4.33. The smallest absolute Gasteiger partial charge is 0.211 e. The van der Waals surface area contributed by atoms with Crippen LogP contribution in [-0.2, 0) is 0 Å². The Morgan fingerprint density at radius 1 is 1.73 bits per heavy atom. The summed E-state index contributed by atoms with van der Waals surface area (Å²) in [6.45, 7) is 3.17. The molecule has 1 saturated heterocycles. The van der Waals surface area contributed by atoms with Crippen LogP contribution in [0.2, 0.25) is 0 Å². The van der Waals surface area contributed by atoms with Crippen molar-refractivity contribution >= 4 is 0 Å². The van der Waals surface area contributed by atoms with Gasteiger partial charge in [0.25, 0.3) is 0 Å². The van der Waals surface area contributed by atoms with Crippen LogP contribution in [0.4, 0.5) is 0 Å². The summed E-state index contributed by atoms with van der Waals surface area (Å²) in [5.74, 6) is 0.861. The molecule has 0 saturated carbocycles. The molecule has 2 rings (SSSR count). The van der Waals surface area contributed by atoms with E-state index in [9.17, 15) is 0 Å². The van der Waals surface area contributed by atoms with E-state index in [1.165, 1.54) is 6.42 Å².